The van der Waals surface area contributed by atoms with Crippen molar-refractivity contribution in [2.75, 3.05) is 0 Å². The molecule has 96 valence electrons. The third-order valence-electron chi connectivity index (χ3n) is 3.36. The minimum absolute atomic E-state index is 0.0908. The van der Waals surface area contributed by atoms with Crippen LogP contribution < -0.4 is 4.74 Å². The van der Waals surface area contributed by atoms with Crippen LogP contribution in [0.3, 0.4) is 0 Å². The van der Waals surface area contributed by atoms with E-state index in [1.807, 2.05) is 36.4 Å². The molecule has 0 aliphatic carbocycles. The van der Waals surface area contributed by atoms with Gasteiger partial charge < -0.3 is 9.15 Å². The van der Waals surface area contributed by atoms with Gasteiger partial charge in [-0.05, 0) is 29.8 Å². The Labute approximate surface area is 115 Å². The summed E-state index contributed by atoms with van der Waals surface area (Å²) in [6.07, 6.45) is 3.35. The molecule has 0 saturated heterocycles. The van der Waals surface area contributed by atoms with Gasteiger partial charge in [-0.15, -0.1) is 0 Å². The van der Waals surface area contributed by atoms with Crippen molar-refractivity contribution in [2.24, 2.45) is 0 Å². The Hall–Kier alpha value is -2.81. The zero-order valence-electron chi connectivity index (χ0n) is 10.5. The molecule has 1 aromatic heterocycles. The number of fused-ring (bicyclic) bond motifs is 3. The number of ether oxygens (including phenoxy) is 1. The summed E-state index contributed by atoms with van der Waals surface area (Å²) in [5.41, 5.74) is 2.24. The lowest BCUT2D eigenvalue weighted by molar-refractivity contribution is 0.101. The monoisotopic (exact) mass is 262 g/mol. The van der Waals surface area contributed by atoms with Crippen LogP contribution in [0.15, 0.2) is 65.0 Å². The van der Waals surface area contributed by atoms with E-state index in [-0.39, 0.29) is 5.78 Å². The van der Waals surface area contributed by atoms with Crippen LogP contribution in [0.2, 0.25) is 0 Å². The first kappa shape index (κ1) is 11.1. The van der Waals surface area contributed by atoms with Crippen molar-refractivity contribution in [3.63, 3.8) is 0 Å². The highest BCUT2D eigenvalue weighted by molar-refractivity contribution is 6.17. The van der Waals surface area contributed by atoms with E-state index in [1.165, 1.54) is 0 Å². The molecule has 0 N–H and O–H groups in total. The van der Waals surface area contributed by atoms with E-state index in [9.17, 15) is 4.79 Å². The Bertz CT molecular complexity index is 841. The van der Waals surface area contributed by atoms with Gasteiger partial charge in [-0.25, -0.2) is 0 Å². The molecule has 2 heterocycles. The van der Waals surface area contributed by atoms with Crippen molar-refractivity contribution in [1.82, 2.24) is 0 Å². The summed E-state index contributed by atoms with van der Waals surface area (Å²) in [4.78, 5) is 12.3. The number of carbonyl (C=O) groups excluding carboxylic acids is 1. The van der Waals surface area contributed by atoms with Crippen LogP contribution in [0, 0.1) is 0 Å². The van der Waals surface area contributed by atoms with Gasteiger partial charge in [0.15, 0.2) is 5.76 Å². The molecule has 3 aromatic rings. The second kappa shape index (κ2) is 4.10. The molecule has 0 spiro atoms. The smallest absolute Gasteiger partial charge is 0.231 e. The number of carbonyl (C=O) groups is 1. The molecular weight excluding hydrogens is 252 g/mol. The fraction of sp³-hybridized carbons (Fsp3) is 0. The molecule has 0 unspecified atom stereocenters. The lowest BCUT2D eigenvalue weighted by atomic mass is 10.1. The van der Waals surface area contributed by atoms with Gasteiger partial charge in [-0.3, -0.25) is 4.79 Å². The third-order valence-corrected chi connectivity index (χ3v) is 3.36. The third kappa shape index (κ3) is 1.57. The van der Waals surface area contributed by atoms with Crippen molar-refractivity contribution < 1.29 is 13.9 Å². The number of ketones is 1. The Morgan fingerprint density at radius 2 is 1.80 bits per heavy atom. The number of hydrogen-bond donors (Lipinski definition) is 0. The molecule has 0 fully saturated rings. The molecule has 1 aliphatic rings. The largest absolute Gasteiger partial charge is 0.464 e. The van der Waals surface area contributed by atoms with Crippen LogP contribution in [0.5, 0.6) is 5.75 Å². The van der Waals surface area contributed by atoms with Crippen molar-refractivity contribution in [3.8, 4) is 5.75 Å². The minimum atomic E-state index is -0.0908. The fourth-order valence-electron chi connectivity index (χ4n) is 2.39. The van der Waals surface area contributed by atoms with Crippen LogP contribution in [0.1, 0.15) is 15.9 Å². The lowest BCUT2D eigenvalue weighted by Crippen LogP contribution is -1.97. The SMILES string of the molecule is O=C1C(=Cc2ccccc2)Oc2c1ccc1occc21. The topological polar surface area (TPSA) is 39.4 Å². The second-order valence-corrected chi connectivity index (χ2v) is 4.63. The van der Waals surface area contributed by atoms with Crippen molar-refractivity contribution in [3.05, 3.63) is 71.7 Å². The van der Waals surface area contributed by atoms with Crippen LogP contribution in [0.4, 0.5) is 0 Å². The summed E-state index contributed by atoms with van der Waals surface area (Å²) < 4.78 is 11.1. The zero-order valence-corrected chi connectivity index (χ0v) is 10.5. The molecule has 0 atom stereocenters. The highest BCUT2D eigenvalue weighted by Crippen LogP contribution is 2.38. The predicted octanol–water partition coefficient (Wildman–Crippen LogP) is 4.05. The molecule has 0 radical (unpaired) electrons. The molecule has 0 saturated carbocycles. The first-order valence-electron chi connectivity index (χ1n) is 6.32. The van der Waals surface area contributed by atoms with Crippen LogP contribution in [-0.2, 0) is 0 Å². The fourth-order valence-corrected chi connectivity index (χ4v) is 2.39. The van der Waals surface area contributed by atoms with Crippen LogP contribution in [-0.4, -0.2) is 5.78 Å². The van der Waals surface area contributed by atoms with E-state index < -0.39 is 0 Å². The highest BCUT2D eigenvalue weighted by atomic mass is 16.5. The number of benzene rings is 2. The molecule has 1 aliphatic heterocycles. The maximum atomic E-state index is 12.3. The number of furan rings is 1. The Morgan fingerprint density at radius 1 is 0.950 bits per heavy atom. The van der Waals surface area contributed by atoms with E-state index in [0.717, 1.165) is 16.5 Å². The first-order valence-corrected chi connectivity index (χ1v) is 6.32. The molecule has 20 heavy (non-hydrogen) atoms. The maximum Gasteiger partial charge on any atom is 0.231 e. The average molecular weight is 262 g/mol. The minimum Gasteiger partial charge on any atom is -0.464 e. The van der Waals surface area contributed by atoms with Crippen molar-refractivity contribution in [2.45, 2.75) is 0 Å². The molecule has 3 heteroatoms. The highest BCUT2D eigenvalue weighted by Gasteiger charge is 2.29. The van der Waals surface area contributed by atoms with Gasteiger partial charge in [0.2, 0.25) is 5.78 Å². The molecule has 0 bridgehead atoms. The van der Waals surface area contributed by atoms with Gasteiger partial charge in [-0.2, -0.15) is 0 Å². The molecule has 3 nitrogen and oxygen atoms in total. The molecule has 2 aromatic carbocycles. The van der Waals surface area contributed by atoms with Gasteiger partial charge in [-0.1, -0.05) is 30.3 Å². The number of hydrogen-bond acceptors (Lipinski definition) is 3. The summed E-state index contributed by atoms with van der Waals surface area (Å²) in [5, 5.41) is 0.826. The summed E-state index contributed by atoms with van der Waals surface area (Å²) in [5.74, 6) is 0.843. The number of Topliss-reactive ketones (excluding diaryl/α,β-unsaturated/α-hetero) is 1. The Morgan fingerprint density at radius 3 is 2.65 bits per heavy atom. The van der Waals surface area contributed by atoms with Gasteiger partial charge in [0, 0.05) is 0 Å². The lowest BCUT2D eigenvalue weighted by Gasteiger charge is -1.99. The van der Waals surface area contributed by atoms with Gasteiger partial charge in [0.1, 0.15) is 11.3 Å². The summed E-state index contributed by atoms with van der Waals surface area (Å²) >= 11 is 0. The summed E-state index contributed by atoms with van der Waals surface area (Å²) in [6.45, 7) is 0. The maximum absolute atomic E-state index is 12.3. The second-order valence-electron chi connectivity index (χ2n) is 4.63. The Kier molecular flexibility index (Phi) is 2.27. The normalized spacial score (nSPS) is 15.6. The van der Waals surface area contributed by atoms with Gasteiger partial charge >= 0.3 is 0 Å². The zero-order chi connectivity index (χ0) is 13.5. The number of allylic oxidation sites excluding steroid dienone is 1. The van der Waals surface area contributed by atoms with E-state index in [0.29, 0.717) is 17.1 Å². The van der Waals surface area contributed by atoms with E-state index >= 15 is 0 Å². The molecular formula is C17H10O3. The standard InChI is InChI=1S/C17H10O3/c18-16-13-6-7-14-12(8-9-19-14)17(13)20-15(16)10-11-4-2-1-3-5-11/h1-10H. The summed E-state index contributed by atoms with van der Waals surface area (Å²) in [6, 6.07) is 15.0. The van der Waals surface area contributed by atoms with E-state index in [1.54, 1.807) is 24.5 Å². The van der Waals surface area contributed by atoms with Crippen LogP contribution in [0.25, 0.3) is 17.0 Å². The van der Waals surface area contributed by atoms with E-state index in [2.05, 4.69) is 0 Å². The average Bonchev–Trinajstić information content (AvgIpc) is 3.06. The van der Waals surface area contributed by atoms with Gasteiger partial charge in [0.25, 0.3) is 0 Å². The van der Waals surface area contributed by atoms with Gasteiger partial charge in [0.05, 0.1) is 17.2 Å². The quantitative estimate of drug-likeness (QED) is 0.621. The predicted molar refractivity (Wildman–Crippen MR) is 75.6 cm³/mol. The number of rotatable bonds is 1. The Balaban J connectivity index is 1.84. The first-order chi connectivity index (χ1) is 9.83. The van der Waals surface area contributed by atoms with E-state index in [4.69, 9.17) is 9.15 Å². The summed E-state index contributed by atoms with van der Waals surface area (Å²) in [7, 11) is 0. The molecule has 4 rings (SSSR count). The van der Waals surface area contributed by atoms with Crippen molar-refractivity contribution in [1.29, 1.82) is 0 Å². The van der Waals surface area contributed by atoms with Crippen molar-refractivity contribution >= 4 is 22.8 Å². The molecule has 0 amide bonds. The van der Waals surface area contributed by atoms with Crippen LogP contribution >= 0.6 is 0 Å².